The minimum absolute atomic E-state index is 0.705. The molecule has 1 heteroatoms. The van der Waals surface area contributed by atoms with Crippen molar-refractivity contribution in [2.75, 3.05) is 7.11 Å². The molecule has 0 aliphatic heterocycles. The fourth-order valence-electron chi connectivity index (χ4n) is 2.24. The molecule has 1 saturated carbocycles. The summed E-state index contributed by atoms with van der Waals surface area (Å²) in [5, 5.41) is 0. The molecule has 0 N–H and O–H groups in total. The summed E-state index contributed by atoms with van der Waals surface area (Å²) in [6, 6.07) is 8.41. The molecule has 0 unspecified atom stereocenters. The summed E-state index contributed by atoms with van der Waals surface area (Å²) in [5.74, 6) is 1.76. The highest BCUT2D eigenvalue weighted by molar-refractivity contribution is 5.36. The van der Waals surface area contributed by atoms with Crippen molar-refractivity contribution in [3.05, 3.63) is 36.2 Å². The lowest BCUT2D eigenvalue weighted by molar-refractivity contribution is 0.397. The van der Waals surface area contributed by atoms with Crippen molar-refractivity contribution >= 4 is 0 Å². The van der Waals surface area contributed by atoms with Gasteiger partial charge in [0.1, 0.15) is 5.75 Å². The Kier molecular flexibility index (Phi) is 3.07. The summed E-state index contributed by atoms with van der Waals surface area (Å²) in [6.07, 6.45) is 7.46. The van der Waals surface area contributed by atoms with Crippen LogP contribution in [0.5, 0.6) is 5.75 Å². The van der Waals surface area contributed by atoms with E-state index in [0.717, 1.165) is 5.75 Å². The maximum atomic E-state index is 5.39. The van der Waals surface area contributed by atoms with Crippen molar-refractivity contribution in [1.82, 2.24) is 0 Å². The van der Waals surface area contributed by atoms with Crippen LogP contribution < -0.4 is 4.74 Å². The number of para-hydroxylation sites is 1. The van der Waals surface area contributed by atoms with Crippen LogP contribution >= 0.6 is 0 Å². The van der Waals surface area contributed by atoms with Crippen molar-refractivity contribution in [3.63, 3.8) is 0 Å². The lowest BCUT2D eigenvalue weighted by Gasteiger charge is -2.23. The highest BCUT2D eigenvalue weighted by atomic mass is 16.5. The van der Waals surface area contributed by atoms with Crippen LogP contribution in [-0.4, -0.2) is 7.11 Å². The third-order valence-corrected chi connectivity index (χ3v) is 3.02. The van der Waals surface area contributed by atoms with E-state index in [2.05, 4.69) is 24.6 Å². The SMILES string of the molecule is COc1ccccc1C1CC[CH]CC1. The van der Waals surface area contributed by atoms with Gasteiger partial charge in [-0.3, -0.25) is 0 Å². The quantitative estimate of drug-likeness (QED) is 0.691. The van der Waals surface area contributed by atoms with Crippen molar-refractivity contribution in [1.29, 1.82) is 0 Å². The van der Waals surface area contributed by atoms with Gasteiger partial charge in [0, 0.05) is 0 Å². The van der Waals surface area contributed by atoms with Gasteiger partial charge in [0.05, 0.1) is 7.11 Å². The van der Waals surface area contributed by atoms with Gasteiger partial charge in [-0.1, -0.05) is 18.2 Å². The molecule has 1 fully saturated rings. The van der Waals surface area contributed by atoms with Gasteiger partial charge in [-0.2, -0.15) is 0 Å². The lowest BCUT2D eigenvalue weighted by atomic mass is 9.84. The number of rotatable bonds is 2. The molecule has 1 aliphatic carbocycles. The zero-order valence-electron chi connectivity index (χ0n) is 8.70. The van der Waals surface area contributed by atoms with Gasteiger partial charge in [0.25, 0.3) is 0 Å². The fraction of sp³-hybridized carbons (Fsp3) is 0.462. The Hall–Kier alpha value is -0.980. The first-order valence-corrected chi connectivity index (χ1v) is 5.36. The summed E-state index contributed by atoms with van der Waals surface area (Å²) in [4.78, 5) is 0. The molecular weight excluding hydrogens is 172 g/mol. The van der Waals surface area contributed by atoms with Crippen LogP contribution in [0.3, 0.4) is 0 Å². The largest absolute Gasteiger partial charge is 0.496 e. The number of hydrogen-bond donors (Lipinski definition) is 0. The molecule has 1 aromatic carbocycles. The first-order valence-electron chi connectivity index (χ1n) is 5.36. The molecule has 0 amide bonds. The molecule has 2 rings (SSSR count). The van der Waals surface area contributed by atoms with Crippen LogP contribution in [0.1, 0.15) is 37.2 Å². The second kappa shape index (κ2) is 4.50. The van der Waals surface area contributed by atoms with Crippen LogP contribution in [0.25, 0.3) is 0 Å². The number of hydrogen-bond acceptors (Lipinski definition) is 1. The number of benzene rings is 1. The van der Waals surface area contributed by atoms with Crippen LogP contribution in [0.2, 0.25) is 0 Å². The summed E-state index contributed by atoms with van der Waals surface area (Å²) < 4.78 is 5.39. The van der Waals surface area contributed by atoms with Crippen molar-refractivity contribution in [2.24, 2.45) is 0 Å². The summed E-state index contributed by atoms with van der Waals surface area (Å²) in [5.41, 5.74) is 1.39. The van der Waals surface area contributed by atoms with Gasteiger partial charge in [-0.25, -0.2) is 0 Å². The van der Waals surface area contributed by atoms with Gasteiger partial charge in [0.2, 0.25) is 0 Å². The molecule has 1 nitrogen and oxygen atoms in total. The maximum Gasteiger partial charge on any atom is 0.122 e. The first kappa shape index (κ1) is 9.57. The Bertz CT molecular complexity index is 287. The van der Waals surface area contributed by atoms with E-state index >= 15 is 0 Å². The summed E-state index contributed by atoms with van der Waals surface area (Å²) in [6.45, 7) is 0. The topological polar surface area (TPSA) is 9.23 Å². The third kappa shape index (κ3) is 1.92. The van der Waals surface area contributed by atoms with E-state index in [4.69, 9.17) is 4.74 Å². The van der Waals surface area contributed by atoms with E-state index in [1.807, 2.05) is 6.07 Å². The van der Waals surface area contributed by atoms with E-state index in [0.29, 0.717) is 5.92 Å². The second-order valence-electron chi connectivity index (χ2n) is 3.88. The number of ether oxygens (including phenoxy) is 1. The molecule has 1 aromatic rings. The zero-order chi connectivity index (χ0) is 9.80. The predicted octanol–water partition coefficient (Wildman–Crippen LogP) is 3.56. The third-order valence-electron chi connectivity index (χ3n) is 3.02. The summed E-state index contributed by atoms with van der Waals surface area (Å²) >= 11 is 0. The Morgan fingerprint density at radius 2 is 1.86 bits per heavy atom. The minimum Gasteiger partial charge on any atom is -0.496 e. The predicted molar refractivity (Wildman–Crippen MR) is 58.5 cm³/mol. The van der Waals surface area contributed by atoms with Gasteiger partial charge < -0.3 is 4.74 Å². The minimum atomic E-state index is 0.705. The molecule has 0 aromatic heterocycles. The molecular formula is C13H17O. The Labute approximate surface area is 86.1 Å². The Morgan fingerprint density at radius 1 is 1.14 bits per heavy atom. The monoisotopic (exact) mass is 189 g/mol. The molecule has 0 spiro atoms. The molecule has 75 valence electrons. The average molecular weight is 189 g/mol. The molecule has 14 heavy (non-hydrogen) atoms. The average Bonchev–Trinajstić information content (AvgIpc) is 2.30. The van der Waals surface area contributed by atoms with Crippen molar-refractivity contribution in [3.8, 4) is 5.75 Å². The summed E-state index contributed by atoms with van der Waals surface area (Å²) in [7, 11) is 1.76. The smallest absolute Gasteiger partial charge is 0.122 e. The normalized spacial score (nSPS) is 18.1. The van der Waals surface area contributed by atoms with Crippen LogP contribution in [0, 0.1) is 6.42 Å². The van der Waals surface area contributed by atoms with E-state index in [1.165, 1.54) is 31.2 Å². The molecule has 0 atom stereocenters. The maximum absolute atomic E-state index is 5.39. The van der Waals surface area contributed by atoms with Gasteiger partial charge >= 0.3 is 0 Å². The Balaban J connectivity index is 2.20. The van der Waals surface area contributed by atoms with Crippen LogP contribution in [-0.2, 0) is 0 Å². The second-order valence-corrected chi connectivity index (χ2v) is 3.88. The van der Waals surface area contributed by atoms with Gasteiger partial charge in [-0.15, -0.1) is 0 Å². The molecule has 1 aliphatic rings. The van der Waals surface area contributed by atoms with E-state index in [1.54, 1.807) is 7.11 Å². The Morgan fingerprint density at radius 3 is 2.57 bits per heavy atom. The molecule has 0 bridgehead atoms. The standard InChI is InChI=1S/C13H17O/c1-14-13-10-6-5-9-12(13)11-7-3-2-4-8-11/h2,5-6,9-11H,3-4,7-8H2,1H3. The lowest BCUT2D eigenvalue weighted by Crippen LogP contribution is -2.06. The van der Waals surface area contributed by atoms with Gasteiger partial charge in [0.15, 0.2) is 0 Å². The fourth-order valence-corrected chi connectivity index (χ4v) is 2.24. The van der Waals surface area contributed by atoms with E-state index in [9.17, 15) is 0 Å². The highest BCUT2D eigenvalue weighted by Gasteiger charge is 2.18. The van der Waals surface area contributed by atoms with Crippen LogP contribution in [0.15, 0.2) is 24.3 Å². The first-order chi connectivity index (χ1) is 6.92. The van der Waals surface area contributed by atoms with Gasteiger partial charge in [-0.05, 0) is 49.7 Å². The van der Waals surface area contributed by atoms with Crippen LogP contribution in [0.4, 0.5) is 0 Å². The zero-order valence-corrected chi connectivity index (χ0v) is 8.70. The van der Waals surface area contributed by atoms with Crippen molar-refractivity contribution < 1.29 is 4.74 Å². The van der Waals surface area contributed by atoms with Crippen molar-refractivity contribution in [2.45, 2.75) is 31.6 Å². The molecule has 0 heterocycles. The van der Waals surface area contributed by atoms with E-state index < -0.39 is 0 Å². The highest BCUT2D eigenvalue weighted by Crippen LogP contribution is 2.36. The molecule has 0 saturated heterocycles. The molecule has 1 radical (unpaired) electrons. The number of methoxy groups -OCH3 is 1. The van der Waals surface area contributed by atoms with E-state index in [-0.39, 0.29) is 0 Å².